The molecule has 0 radical (unpaired) electrons. The Morgan fingerprint density at radius 1 is 1.03 bits per heavy atom. The molecule has 0 aliphatic carbocycles. The second kappa shape index (κ2) is 11.9. The summed E-state index contributed by atoms with van der Waals surface area (Å²) in [6.45, 7) is 5.65. The summed E-state index contributed by atoms with van der Waals surface area (Å²) in [4.78, 5) is 21.1. The first-order valence-electron chi connectivity index (χ1n) is 11.8. The predicted octanol–water partition coefficient (Wildman–Crippen LogP) is 3.51. The van der Waals surface area contributed by atoms with Crippen LogP contribution in [0.15, 0.2) is 60.8 Å². The maximum Gasteiger partial charge on any atom is 0.224 e. The Kier molecular flexibility index (Phi) is 8.39. The number of likely N-dealkylation sites (N-methyl/N-ethyl adjacent to an activating group) is 1. The van der Waals surface area contributed by atoms with Crippen LogP contribution in [0.25, 0.3) is 11.3 Å². The Hall–Kier alpha value is -3.36. The van der Waals surface area contributed by atoms with Gasteiger partial charge in [0.05, 0.1) is 12.6 Å². The number of carbonyl (C=O) groups excluding carboxylic acids is 1. The Morgan fingerprint density at radius 2 is 1.80 bits per heavy atom. The molecular formula is C27H30F2N4O2. The molecule has 0 spiro atoms. The van der Waals surface area contributed by atoms with Crippen molar-refractivity contribution >= 4 is 5.91 Å². The second-order valence-electron chi connectivity index (χ2n) is 8.78. The third-order valence-electron chi connectivity index (χ3n) is 6.06. The highest BCUT2D eigenvalue weighted by molar-refractivity contribution is 5.78. The topological polar surface area (TPSA) is 57.7 Å². The van der Waals surface area contributed by atoms with E-state index < -0.39 is 5.82 Å². The summed E-state index contributed by atoms with van der Waals surface area (Å²) in [6.07, 6.45) is 1.71. The minimum absolute atomic E-state index is 0.172. The van der Waals surface area contributed by atoms with Gasteiger partial charge in [-0.3, -0.25) is 9.69 Å². The molecule has 1 N–H and O–H groups in total. The predicted molar refractivity (Wildman–Crippen MR) is 131 cm³/mol. The van der Waals surface area contributed by atoms with E-state index in [1.54, 1.807) is 36.4 Å². The van der Waals surface area contributed by atoms with Crippen LogP contribution in [0, 0.1) is 11.6 Å². The molecule has 35 heavy (non-hydrogen) atoms. The molecule has 6 nitrogen and oxygen atoms in total. The fourth-order valence-electron chi connectivity index (χ4n) is 3.95. The lowest BCUT2D eigenvalue weighted by molar-refractivity contribution is -0.120. The van der Waals surface area contributed by atoms with Gasteiger partial charge in [0.25, 0.3) is 0 Å². The molecule has 0 saturated carbocycles. The molecule has 0 unspecified atom stereocenters. The molecule has 1 saturated heterocycles. The molecule has 2 aromatic carbocycles. The minimum Gasteiger partial charge on any atom is -0.491 e. The molecule has 0 bridgehead atoms. The quantitative estimate of drug-likeness (QED) is 0.508. The van der Waals surface area contributed by atoms with E-state index in [1.807, 2.05) is 0 Å². The normalized spacial score (nSPS) is 14.6. The van der Waals surface area contributed by atoms with Crippen molar-refractivity contribution in [2.75, 3.05) is 46.4 Å². The fourth-order valence-corrected chi connectivity index (χ4v) is 3.95. The Morgan fingerprint density at radius 3 is 2.51 bits per heavy atom. The second-order valence-corrected chi connectivity index (χ2v) is 8.78. The van der Waals surface area contributed by atoms with Gasteiger partial charge in [-0.1, -0.05) is 36.4 Å². The molecule has 184 valence electrons. The van der Waals surface area contributed by atoms with Crippen molar-refractivity contribution < 1.29 is 18.3 Å². The van der Waals surface area contributed by atoms with Crippen LogP contribution in [0.1, 0.15) is 11.1 Å². The van der Waals surface area contributed by atoms with Crippen LogP contribution in [0.5, 0.6) is 5.75 Å². The van der Waals surface area contributed by atoms with E-state index in [0.29, 0.717) is 23.5 Å². The van der Waals surface area contributed by atoms with E-state index in [9.17, 15) is 13.6 Å². The molecule has 4 rings (SSSR count). The smallest absolute Gasteiger partial charge is 0.224 e. The number of benzene rings is 2. The third kappa shape index (κ3) is 7.31. The number of rotatable bonds is 9. The maximum atomic E-state index is 14.7. The largest absolute Gasteiger partial charge is 0.491 e. The molecule has 1 aliphatic rings. The van der Waals surface area contributed by atoms with Gasteiger partial charge in [0, 0.05) is 50.9 Å². The van der Waals surface area contributed by atoms with E-state index >= 15 is 0 Å². The van der Waals surface area contributed by atoms with Crippen molar-refractivity contribution in [3.05, 3.63) is 83.6 Å². The highest BCUT2D eigenvalue weighted by Gasteiger charge is 2.14. The summed E-state index contributed by atoms with van der Waals surface area (Å²) in [5.41, 5.74) is 2.34. The van der Waals surface area contributed by atoms with Gasteiger partial charge >= 0.3 is 0 Å². The first kappa shape index (κ1) is 24.8. The maximum absolute atomic E-state index is 14.7. The van der Waals surface area contributed by atoms with Crippen LogP contribution >= 0.6 is 0 Å². The first-order chi connectivity index (χ1) is 17.0. The van der Waals surface area contributed by atoms with E-state index in [0.717, 1.165) is 38.3 Å². The summed E-state index contributed by atoms with van der Waals surface area (Å²) in [7, 11) is 2.12. The Balaban J connectivity index is 1.26. The number of nitrogens with zero attached hydrogens (tertiary/aromatic N) is 3. The van der Waals surface area contributed by atoms with Gasteiger partial charge < -0.3 is 15.0 Å². The SMILES string of the molecule is CN1CCN(CCOc2cnc(-c3ccc(CC(=O)NCc4cccc(F)c4)cc3)c(F)c2)CC1. The molecular weight excluding hydrogens is 450 g/mol. The van der Waals surface area contributed by atoms with Gasteiger partial charge in [-0.05, 0) is 30.3 Å². The first-order valence-corrected chi connectivity index (χ1v) is 11.8. The van der Waals surface area contributed by atoms with Crippen molar-refractivity contribution in [2.45, 2.75) is 13.0 Å². The van der Waals surface area contributed by atoms with E-state index in [-0.39, 0.29) is 30.4 Å². The van der Waals surface area contributed by atoms with Gasteiger partial charge in [-0.2, -0.15) is 0 Å². The van der Waals surface area contributed by atoms with E-state index in [4.69, 9.17) is 4.74 Å². The number of aromatic nitrogens is 1. The van der Waals surface area contributed by atoms with Crippen LogP contribution in [0.3, 0.4) is 0 Å². The van der Waals surface area contributed by atoms with Crippen molar-refractivity contribution in [2.24, 2.45) is 0 Å². The van der Waals surface area contributed by atoms with Crippen LogP contribution in [0.2, 0.25) is 0 Å². The number of pyridine rings is 1. The zero-order chi connectivity index (χ0) is 24.6. The van der Waals surface area contributed by atoms with Crippen LogP contribution in [-0.2, 0) is 17.8 Å². The Labute approximate surface area is 204 Å². The zero-order valence-electron chi connectivity index (χ0n) is 19.8. The lowest BCUT2D eigenvalue weighted by Crippen LogP contribution is -2.45. The number of hydrogen-bond acceptors (Lipinski definition) is 5. The van der Waals surface area contributed by atoms with E-state index in [1.165, 1.54) is 24.4 Å². The molecule has 8 heteroatoms. The molecule has 2 heterocycles. The fraction of sp³-hybridized carbons (Fsp3) is 0.333. The van der Waals surface area contributed by atoms with E-state index in [2.05, 4.69) is 27.1 Å². The molecule has 1 amide bonds. The molecule has 3 aromatic rings. The standard InChI is InChI=1S/C27H30F2N4O2/c1-32-9-11-33(12-10-32)13-14-35-24-17-25(29)27(31-19-24)22-7-5-20(6-8-22)16-26(34)30-18-21-3-2-4-23(28)15-21/h2-8,15,17,19H,9-14,16,18H2,1H3,(H,30,34). The van der Waals surface area contributed by atoms with Gasteiger partial charge in [0.1, 0.15) is 23.9 Å². The average molecular weight is 481 g/mol. The van der Waals surface area contributed by atoms with Crippen molar-refractivity contribution in [1.82, 2.24) is 20.1 Å². The minimum atomic E-state index is -0.456. The van der Waals surface area contributed by atoms with Crippen molar-refractivity contribution in [3.8, 4) is 17.0 Å². The summed E-state index contributed by atoms with van der Waals surface area (Å²) < 4.78 is 33.7. The van der Waals surface area contributed by atoms with Crippen LogP contribution in [-0.4, -0.2) is 67.1 Å². The van der Waals surface area contributed by atoms with Crippen LogP contribution < -0.4 is 10.1 Å². The number of carbonyl (C=O) groups is 1. The number of hydrogen-bond donors (Lipinski definition) is 1. The van der Waals surface area contributed by atoms with Crippen molar-refractivity contribution in [1.29, 1.82) is 0 Å². The lowest BCUT2D eigenvalue weighted by Gasteiger charge is -2.32. The van der Waals surface area contributed by atoms with Gasteiger partial charge in [0.2, 0.25) is 5.91 Å². The van der Waals surface area contributed by atoms with Crippen molar-refractivity contribution in [3.63, 3.8) is 0 Å². The number of piperazine rings is 1. The monoisotopic (exact) mass is 480 g/mol. The highest BCUT2D eigenvalue weighted by atomic mass is 19.1. The highest BCUT2D eigenvalue weighted by Crippen LogP contribution is 2.24. The van der Waals surface area contributed by atoms with Crippen LogP contribution in [0.4, 0.5) is 8.78 Å². The third-order valence-corrected chi connectivity index (χ3v) is 6.06. The summed E-state index contributed by atoms with van der Waals surface area (Å²) in [5.74, 6) is -0.558. The molecule has 1 aliphatic heterocycles. The number of ether oxygens (including phenoxy) is 1. The van der Waals surface area contributed by atoms with Gasteiger partial charge in [-0.15, -0.1) is 0 Å². The number of halogens is 2. The van der Waals surface area contributed by atoms with Gasteiger partial charge in [0.15, 0.2) is 5.82 Å². The molecule has 1 fully saturated rings. The Bertz CT molecular complexity index is 1130. The lowest BCUT2D eigenvalue weighted by atomic mass is 10.1. The zero-order valence-corrected chi connectivity index (χ0v) is 19.8. The number of nitrogens with one attached hydrogen (secondary N) is 1. The summed E-state index contributed by atoms with van der Waals surface area (Å²) >= 11 is 0. The molecule has 1 aromatic heterocycles. The average Bonchev–Trinajstić information content (AvgIpc) is 2.85. The summed E-state index contributed by atoms with van der Waals surface area (Å²) in [6, 6.07) is 14.5. The molecule has 0 atom stereocenters. The number of amides is 1. The summed E-state index contributed by atoms with van der Waals surface area (Å²) in [5, 5.41) is 2.78. The van der Waals surface area contributed by atoms with Gasteiger partial charge in [-0.25, -0.2) is 13.8 Å².